The third-order valence-corrected chi connectivity index (χ3v) is 6.24. The van der Waals surface area contributed by atoms with Crippen LogP contribution >= 0.6 is 15.9 Å². The molecule has 1 aliphatic rings. The van der Waals surface area contributed by atoms with Gasteiger partial charge >= 0.3 is 6.03 Å². The van der Waals surface area contributed by atoms with Gasteiger partial charge in [0.2, 0.25) is 0 Å². The molecule has 0 unspecified atom stereocenters. The Balaban J connectivity index is 1.57. The molecule has 0 radical (unpaired) electrons. The van der Waals surface area contributed by atoms with E-state index in [0.29, 0.717) is 17.0 Å². The fourth-order valence-electron chi connectivity index (χ4n) is 3.92. The molecule has 1 aliphatic heterocycles. The predicted molar refractivity (Wildman–Crippen MR) is 138 cm³/mol. The molecule has 36 heavy (non-hydrogen) atoms. The number of urea groups is 1. The number of carbonyl (C=O) groups is 3. The predicted octanol–water partition coefficient (Wildman–Crippen LogP) is 5.99. The molecule has 1 fully saturated rings. The molecule has 0 spiro atoms. The molecule has 1 N–H and O–H groups in total. The number of imide groups is 2. The molecule has 0 atom stereocenters. The minimum Gasteiger partial charge on any atom is -0.488 e. The van der Waals surface area contributed by atoms with E-state index >= 15 is 0 Å². The smallest absolute Gasteiger partial charge is 0.335 e. The van der Waals surface area contributed by atoms with Gasteiger partial charge in [0.15, 0.2) is 0 Å². The lowest BCUT2D eigenvalue weighted by Crippen LogP contribution is -2.54. The first-order chi connectivity index (χ1) is 17.4. The van der Waals surface area contributed by atoms with Crippen molar-refractivity contribution < 1.29 is 23.5 Å². The first-order valence-electron chi connectivity index (χ1n) is 11.0. The number of nitrogens with zero attached hydrogens (tertiary/aromatic N) is 1. The van der Waals surface area contributed by atoms with Crippen LogP contribution in [-0.4, -0.2) is 17.8 Å². The van der Waals surface area contributed by atoms with Crippen LogP contribution in [0.5, 0.6) is 5.75 Å². The number of halogens is 2. The quantitative estimate of drug-likeness (QED) is 0.247. The van der Waals surface area contributed by atoms with Crippen LogP contribution < -0.4 is 15.0 Å². The maximum absolute atomic E-state index is 13.4. The van der Waals surface area contributed by atoms with E-state index in [1.165, 1.54) is 18.2 Å². The summed E-state index contributed by atoms with van der Waals surface area (Å²) in [6.07, 6.45) is 1.44. The van der Waals surface area contributed by atoms with Crippen molar-refractivity contribution in [3.05, 3.63) is 112 Å². The Morgan fingerprint density at radius 3 is 2.36 bits per heavy atom. The summed E-state index contributed by atoms with van der Waals surface area (Å²) < 4.78 is 20.1. The standard InChI is InChI=1S/C28H18BrFN2O4/c29-19-8-12-21(13-9-19)32-27(34)24(26(33)31-28(32)35)15-23-22-4-2-1-3-18(22)7-14-25(23)36-16-17-5-10-20(30)11-6-17/h1-15H,16H2,(H,31,33,35)/b24-15+. The first-order valence-corrected chi connectivity index (χ1v) is 11.8. The number of fused-ring (bicyclic) bond motifs is 1. The van der Waals surface area contributed by atoms with Crippen LogP contribution in [0.4, 0.5) is 14.9 Å². The highest BCUT2D eigenvalue weighted by atomic mass is 79.9. The Kier molecular flexibility index (Phi) is 6.35. The van der Waals surface area contributed by atoms with E-state index in [1.54, 1.807) is 42.5 Å². The van der Waals surface area contributed by atoms with E-state index in [-0.39, 0.29) is 18.0 Å². The summed E-state index contributed by atoms with van der Waals surface area (Å²) in [5, 5.41) is 3.88. The monoisotopic (exact) mass is 544 g/mol. The van der Waals surface area contributed by atoms with Gasteiger partial charge in [-0.1, -0.05) is 58.4 Å². The number of hydrogen-bond acceptors (Lipinski definition) is 4. The van der Waals surface area contributed by atoms with Crippen molar-refractivity contribution in [2.24, 2.45) is 0 Å². The highest BCUT2D eigenvalue weighted by Gasteiger charge is 2.37. The molecular formula is C28H18BrFN2O4. The van der Waals surface area contributed by atoms with Crippen molar-refractivity contribution in [1.82, 2.24) is 5.32 Å². The van der Waals surface area contributed by atoms with Gasteiger partial charge in [0, 0.05) is 10.0 Å². The number of anilines is 1. The topological polar surface area (TPSA) is 75.7 Å². The second-order valence-electron chi connectivity index (χ2n) is 8.05. The number of barbiturate groups is 1. The van der Waals surface area contributed by atoms with Crippen LogP contribution in [0.2, 0.25) is 0 Å². The van der Waals surface area contributed by atoms with E-state index in [2.05, 4.69) is 21.2 Å². The molecule has 6 nitrogen and oxygen atoms in total. The van der Waals surface area contributed by atoms with Crippen LogP contribution in [-0.2, 0) is 16.2 Å². The zero-order chi connectivity index (χ0) is 25.2. The molecule has 0 saturated carbocycles. The molecule has 1 heterocycles. The third-order valence-electron chi connectivity index (χ3n) is 5.71. The second kappa shape index (κ2) is 9.75. The molecule has 1 saturated heterocycles. The summed E-state index contributed by atoms with van der Waals surface area (Å²) in [5.41, 5.74) is 1.38. The normalized spacial score (nSPS) is 14.9. The molecule has 178 valence electrons. The highest BCUT2D eigenvalue weighted by molar-refractivity contribution is 9.10. The van der Waals surface area contributed by atoms with Gasteiger partial charge in [-0.05, 0) is 64.9 Å². The van der Waals surface area contributed by atoms with Crippen LogP contribution in [0.1, 0.15) is 11.1 Å². The minimum absolute atomic E-state index is 0.151. The summed E-state index contributed by atoms with van der Waals surface area (Å²) >= 11 is 3.33. The zero-order valence-corrected chi connectivity index (χ0v) is 20.3. The fourth-order valence-corrected chi connectivity index (χ4v) is 4.18. The SMILES string of the molecule is O=C1NC(=O)N(c2ccc(Br)cc2)C(=O)/C1=C/c1c(OCc2ccc(F)cc2)ccc2ccccc12. The first kappa shape index (κ1) is 23.4. The van der Waals surface area contributed by atoms with Crippen molar-refractivity contribution in [3.8, 4) is 5.75 Å². The van der Waals surface area contributed by atoms with Crippen LogP contribution in [0.25, 0.3) is 16.8 Å². The summed E-state index contributed by atoms with van der Waals surface area (Å²) in [6, 6.07) is 22.8. The van der Waals surface area contributed by atoms with E-state index in [1.807, 2.05) is 30.3 Å². The number of nitrogens with one attached hydrogen (secondary N) is 1. The van der Waals surface area contributed by atoms with Crippen molar-refractivity contribution >= 4 is 56.3 Å². The lowest BCUT2D eigenvalue weighted by Gasteiger charge is -2.26. The Hall–Kier alpha value is -4.30. The van der Waals surface area contributed by atoms with E-state index < -0.39 is 17.8 Å². The van der Waals surface area contributed by atoms with Crippen molar-refractivity contribution in [2.45, 2.75) is 6.61 Å². The number of amides is 4. The van der Waals surface area contributed by atoms with Crippen LogP contribution in [0.3, 0.4) is 0 Å². The average molecular weight is 545 g/mol. The number of carbonyl (C=O) groups excluding carboxylic acids is 3. The van der Waals surface area contributed by atoms with Gasteiger partial charge in [0.05, 0.1) is 5.69 Å². The van der Waals surface area contributed by atoms with E-state index in [4.69, 9.17) is 4.74 Å². The third kappa shape index (κ3) is 4.63. The van der Waals surface area contributed by atoms with Crippen molar-refractivity contribution in [2.75, 3.05) is 4.90 Å². The number of benzene rings is 4. The minimum atomic E-state index is -0.824. The number of ether oxygens (including phenoxy) is 1. The van der Waals surface area contributed by atoms with E-state index in [0.717, 1.165) is 25.7 Å². The molecule has 5 rings (SSSR count). The van der Waals surface area contributed by atoms with Gasteiger partial charge in [0.25, 0.3) is 11.8 Å². The molecule has 0 aromatic heterocycles. The maximum Gasteiger partial charge on any atom is 0.335 e. The fraction of sp³-hybridized carbons (Fsp3) is 0.0357. The van der Waals surface area contributed by atoms with Gasteiger partial charge in [-0.25, -0.2) is 14.1 Å². The molecule has 4 amide bonds. The maximum atomic E-state index is 13.4. The molecular weight excluding hydrogens is 527 g/mol. The molecule has 0 aliphatic carbocycles. The Morgan fingerprint density at radius 2 is 1.61 bits per heavy atom. The number of rotatable bonds is 5. The summed E-state index contributed by atoms with van der Waals surface area (Å²) in [5.74, 6) is -1.46. The highest BCUT2D eigenvalue weighted by Crippen LogP contribution is 2.32. The number of hydrogen-bond donors (Lipinski definition) is 1. The van der Waals surface area contributed by atoms with Crippen molar-refractivity contribution in [1.29, 1.82) is 0 Å². The molecule has 4 aromatic rings. The lowest BCUT2D eigenvalue weighted by molar-refractivity contribution is -0.122. The summed E-state index contributed by atoms with van der Waals surface area (Å²) in [6.45, 7) is 0.151. The van der Waals surface area contributed by atoms with Gasteiger partial charge in [0.1, 0.15) is 23.7 Å². The van der Waals surface area contributed by atoms with Gasteiger partial charge < -0.3 is 4.74 Å². The second-order valence-corrected chi connectivity index (χ2v) is 8.96. The van der Waals surface area contributed by atoms with Crippen LogP contribution in [0, 0.1) is 5.82 Å². The molecule has 0 bridgehead atoms. The van der Waals surface area contributed by atoms with Gasteiger partial charge in [-0.3, -0.25) is 14.9 Å². The summed E-state index contributed by atoms with van der Waals surface area (Å²) in [7, 11) is 0. The Bertz CT molecular complexity index is 1530. The summed E-state index contributed by atoms with van der Waals surface area (Å²) in [4.78, 5) is 39.6. The Labute approximate surface area is 214 Å². The van der Waals surface area contributed by atoms with Crippen molar-refractivity contribution in [3.63, 3.8) is 0 Å². The Morgan fingerprint density at radius 1 is 0.889 bits per heavy atom. The van der Waals surface area contributed by atoms with Gasteiger partial charge in [-0.2, -0.15) is 0 Å². The molecule has 4 aromatic carbocycles. The van der Waals surface area contributed by atoms with Crippen LogP contribution in [0.15, 0.2) is 95.0 Å². The van der Waals surface area contributed by atoms with E-state index in [9.17, 15) is 18.8 Å². The lowest BCUT2D eigenvalue weighted by atomic mass is 9.99. The zero-order valence-electron chi connectivity index (χ0n) is 18.7. The van der Waals surface area contributed by atoms with Gasteiger partial charge in [-0.15, -0.1) is 0 Å². The average Bonchev–Trinajstić information content (AvgIpc) is 2.87. The molecule has 8 heteroatoms. The largest absolute Gasteiger partial charge is 0.488 e.